The fourth-order valence-electron chi connectivity index (χ4n) is 4.37. The Bertz CT molecular complexity index is 651. The highest BCUT2D eigenvalue weighted by molar-refractivity contribution is 6.30. The van der Waals surface area contributed by atoms with Gasteiger partial charge in [-0.25, -0.2) is 0 Å². The normalized spacial score (nSPS) is 25.9. The van der Waals surface area contributed by atoms with Crippen molar-refractivity contribution < 1.29 is 9.47 Å². The van der Waals surface area contributed by atoms with Gasteiger partial charge in [0.1, 0.15) is 0 Å². The van der Waals surface area contributed by atoms with Crippen molar-refractivity contribution in [2.45, 2.75) is 37.8 Å². The molecule has 2 saturated heterocycles. The zero-order valence-electron chi connectivity index (χ0n) is 17.7. The molecule has 0 spiro atoms. The summed E-state index contributed by atoms with van der Waals surface area (Å²) in [6, 6.07) is 8.63. The third-order valence-electron chi connectivity index (χ3n) is 5.82. The molecule has 2 aliphatic heterocycles. The highest BCUT2D eigenvalue weighted by atomic mass is 35.5. The lowest BCUT2D eigenvalue weighted by Crippen LogP contribution is -2.45. The van der Waals surface area contributed by atoms with E-state index in [2.05, 4.69) is 39.7 Å². The second kappa shape index (κ2) is 11.7. The number of nitrogens with zero attached hydrogens (tertiary/aromatic N) is 2. The second-order valence-electron chi connectivity index (χ2n) is 7.97. The van der Waals surface area contributed by atoms with Gasteiger partial charge in [-0.2, -0.15) is 0 Å². The number of guanidine groups is 1. The Balaban J connectivity index is 1.44. The van der Waals surface area contributed by atoms with Crippen molar-refractivity contribution >= 4 is 17.6 Å². The van der Waals surface area contributed by atoms with Crippen molar-refractivity contribution in [2.24, 2.45) is 10.9 Å². The Morgan fingerprint density at radius 1 is 1.31 bits per heavy atom. The molecule has 3 rings (SSSR count). The molecular formula is C22H35ClN4O2. The van der Waals surface area contributed by atoms with Crippen LogP contribution in [-0.4, -0.2) is 70.5 Å². The highest BCUT2D eigenvalue weighted by Crippen LogP contribution is 2.35. The first-order valence-electron chi connectivity index (χ1n) is 10.8. The summed E-state index contributed by atoms with van der Waals surface area (Å²) in [5.41, 5.74) is 1.29. The molecule has 0 saturated carbocycles. The average Bonchev–Trinajstić information content (AvgIpc) is 3.23. The molecule has 2 N–H and O–H groups in total. The van der Waals surface area contributed by atoms with Gasteiger partial charge in [0.2, 0.25) is 0 Å². The number of hydrogen-bond acceptors (Lipinski definition) is 4. The van der Waals surface area contributed by atoms with Gasteiger partial charge in [0.05, 0.1) is 19.3 Å². The molecule has 3 unspecified atom stereocenters. The summed E-state index contributed by atoms with van der Waals surface area (Å²) in [4.78, 5) is 6.80. The van der Waals surface area contributed by atoms with E-state index in [1.165, 1.54) is 18.4 Å². The molecule has 3 atom stereocenters. The molecule has 1 aromatic carbocycles. The average molecular weight is 423 g/mol. The molecule has 0 aliphatic carbocycles. The van der Waals surface area contributed by atoms with E-state index in [-0.39, 0.29) is 6.10 Å². The minimum atomic E-state index is 0.277. The van der Waals surface area contributed by atoms with Crippen LogP contribution < -0.4 is 10.6 Å². The quantitative estimate of drug-likeness (QED) is 0.383. The molecule has 0 amide bonds. The molecule has 2 heterocycles. The third kappa shape index (κ3) is 6.85. The Morgan fingerprint density at radius 2 is 2.21 bits per heavy atom. The lowest BCUT2D eigenvalue weighted by atomic mass is 9.85. The first-order chi connectivity index (χ1) is 14.2. The van der Waals surface area contributed by atoms with Gasteiger partial charge in [-0.15, -0.1) is 0 Å². The van der Waals surface area contributed by atoms with E-state index in [1.807, 2.05) is 19.2 Å². The van der Waals surface area contributed by atoms with E-state index in [0.717, 1.165) is 50.1 Å². The van der Waals surface area contributed by atoms with Crippen LogP contribution in [0.1, 0.15) is 37.3 Å². The molecule has 162 valence electrons. The molecule has 6 nitrogen and oxygen atoms in total. The summed E-state index contributed by atoms with van der Waals surface area (Å²) in [6.45, 7) is 4.92. The van der Waals surface area contributed by atoms with E-state index in [0.29, 0.717) is 25.2 Å². The number of nitrogens with one attached hydrogen (secondary N) is 2. The first-order valence-corrected chi connectivity index (χ1v) is 11.1. The minimum absolute atomic E-state index is 0.277. The monoisotopic (exact) mass is 422 g/mol. The van der Waals surface area contributed by atoms with Crippen LogP contribution in [0.3, 0.4) is 0 Å². The van der Waals surface area contributed by atoms with Gasteiger partial charge < -0.3 is 20.1 Å². The van der Waals surface area contributed by atoms with Gasteiger partial charge in [0.15, 0.2) is 5.96 Å². The number of benzene rings is 1. The standard InChI is InChI=1S/C22H35ClN4O2/c1-24-22(25-10-13-28-16-20-9-5-12-29-20)26-15-18-7-4-11-27(2)21(18)17-6-3-8-19(23)14-17/h3,6,8,14,18,20-21H,4-5,7,9-13,15-16H2,1-2H3,(H2,24,25,26). The van der Waals surface area contributed by atoms with E-state index in [1.54, 1.807) is 0 Å². The SMILES string of the molecule is CN=C(NCCOCC1CCCO1)NCC1CCCN(C)C1c1cccc(Cl)c1. The topological polar surface area (TPSA) is 58.1 Å². The highest BCUT2D eigenvalue weighted by Gasteiger charge is 2.30. The number of hydrogen-bond donors (Lipinski definition) is 2. The Morgan fingerprint density at radius 3 is 2.97 bits per heavy atom. The number of aliphatic imine (C=N–C) groups is 1. The molecule has 0 bridgehead atoms. The largest absolute Gasteiger partial charge is 0.377 e. The zero-order chi connectivity index (χ0) is 20.5. The zero-order valence-corrected chi connectivity index (χ0v) is 18.5. The molecule has 2 fully saturated rings. The van der Waals surface area contributed by atoms with Crippen LogP contribution in [0.25, 0.3) is 0 Å². The fourth-order valence-corrected chi connectivity index (χ4v) is 4.57. The summed E-state index contributed by atoms with van der Waals surface area (Å²) < 4.78 is 11.3. The number of ether oxygens (including phenoxy) is 2. The van der Waals surface area contributed by atoms with E-state index in [9.17, 15) is 0 Å². The molecule has 0 aromatic heterocycles. The van der Waals surface area contributed by atoms with Crippen molar-refractivity contribution in [1.29, 1.82) is 0 Å². The number of halogens is 1. The van der Waals surface area contributed by atoms with Crippen LogP contribution in [0.2, 0.25) is 5.02 Å². The Labute approximate surface area is 180 Å². The van der Waals surface area contributed by atoms with Crippen LogP contribution in [-0.2, 0) is 9.47 Å². The fraction of sp³-hybridized carbons (Fsp3) is 0.682. The van der Waals surface area contributed by atoms with Crippen LogP contribution in [0, 0.1) is 5.92 Å². The summed E-state index contributed by atoms with van der Waals surface area (Å²) in [5, 5.41) is 7.65. The van der Waals surface area contributed by atoms with Crippen molar-refractivity contribution in [3.05, 3.63) is 34.9 Å². The van der Waals surface area contributed by atoms with Crippen LogP contribution in [0.4, 0.5) is 0 Å². The van der Waals surface area contributed by atoms with Crippen LogP contribution in [0.5, 0.6) is 0 Å². The Kier molecular flexibility index (Phi) is 9.05. The van der Waals surface area contributed by atoms with Gasteiger partial charge in [0, 0.05) is 37.8 Å². The smallest absolute Gasteiger partial charge is 0.191 e. The lowest BCUT2D eigenvalue weighted by Gasteiger charge is -2.40. The number of piperidine rings is 1. The van der Waals surface area contributed by atoms with Gasteiger partial charge in [0.25, 0.3) is 0 Å². The third-order valence-corrected chi connectivity index (χ3v) is 6.05. The maximum absolute atomic E-state index is 6.25. The predicted molar refractivity (Wildman–Crippen MR) is 119 cm³/mol. The minimum Gasteiger partial charge on any atom is -0.377 e. The van der Waals surface area contributed by atoms with Crippen LogP contribution >= 0.6 is 11.6 Å². The molecule has 29 heavy (non-hydrogen) atoms. The molecule has 7 heteroatoms. The Hall–Kier alpha value is -1.34. The van der Waals surface area contributed by atoms with Crippen molar-refractivity contribution in [3.63, 3.8) is 0 Å². The predicted octanol–water partition coefficient (Wildman–Crippen LogP) is 3.08. The van der Waals surface area contributed by atoms with Gasteiger partial charge >= 0.3 is 0 Å². The molecular weight excluding hydrogens is 388 g/mol. The summed E-state index contributed by atoms with van der Waals surface area (Å²) in [5.74, 6) is 1.32. The summed E-state index contributed by atoms with van der Waals surface area (Å²) >= 11 is 6.25. The van der Waals surface area contributed by atoms with Gasteiger partial charge in [-0.05, 0) is 62.9 Å². The van der Waals surface area contributed by atoms with Crippen LogP contribution in [0.15, 0.2) is 29.3 Å². The maximum atomic E-state index is 6.25. The molecule has 2 aliphatic rings. The van der Waals surface area contributed by atoms with E-state index in [4.69, 9.17) is 21.1 Å². The van der Waals surface area contributed by atoms with Gasteiger partial charge in [-0.3, -0.25) is 9.89 Å². The number of rotatable bonds is 8. The second-order valence-corrected chi connectivity index (χ2v) is 8.41. The van der Waals surface area contributed by atoms with Crippen molar-refractivity contribution in [3.8, 4) is 0 Å². The van der Waals surface area contributed by atoms with E-state index >= 15 is 0 Å². The first kappa shape index (κ1) is 22.3. The molecule has 0 radical (unpaired) electrons. The summed E-state index contributed by atoms with van der Waals surface area (Å²) in [7, 11) is 4.01. The summed E-state index contributed by atoms with van der Waals surface area (Å²) in [6.07, 6.45) is 4.94. The molecule has 1 aromatic rings. The lowest BCUT2D eigenvalue weighted by molar-refractivity contribution is 0.0191. The van der Waals surface area contributed by atoms with Gasteiger partial charge in [-0.1, -0.05) is 23.7 Å². The maximum Gasteiger partial charge on any atom is 0.191 e. The van der Waals surface area contributed by atoms with Crippen molar-refractivity contribution in [1.82, 2.24) is 15.5 Å². The number of likely N-dealkylation sites (tertiary alicyclic amines) is 1. The van der Waals surface area contributed by atoms with Crippen molar-refractivity contribution in [2.75, 3.05) is 53.6 Å². The van der Waals surface area contributed by atoms with E-state index < -0.39 is 0 Å².